The van der Waals surface area contributed by atoms with Gasteiger partial charge < -0.3 is 16.4 Å². The van der Waals surface area contributed by atoms with Crippen molar-refractivity contribution in [1.82, 2.24) is 10.3 Å². The summed E-state index contributed by atoms with van der Waals surface area (Å²) in [4.78, 5) is 16.2. The van der Waals surface area contributed by atoms with Gasteiger partial charge in [0.05, 0.1) is 16.6 Å². The van der Waals surface area contributed by atoms with Crippen LogP contribution in [0.25, 0.3) is 10.9 Å². The molecule has 0 fully saturated rings. The molecule has 0 atom stereocenters. The fourth-order valence-electron chi connectivity index (χ4n) is 2.09. The molecule has 1 amide bonds. The summed E-state index contributed by atoms with van der Waals surface area (Å²) in [5, 5.41) is 6.85. The van der Waals surface area contributed by atoms with Crippen molar-refractivity contribution in [3.63, 3.8) is 0 Å². The number of benzene rings is 1. The van der Waals surface area contributed by atoms with Crippen LogP contribution in [0.1, 0.15) is 13.8 Å². The molecule has 0 spiro atoms. The van der Waals surface area contributed by atoms with Crippen molar-refractivity contribution in [3.8, 4) is 0 Å². The van der Waals surface area contributed by atoms with Gasteiger partial charge in [0.2, 0.25) is 5.91 Å². The topological polar surface area (TPSA) is 80.0 Å². The fraction of sp³-hybridized carbons (Fsp3) is 0.333. The van der Waals surface area contributed by atoms with Gasteiger partial charge in [-0.25, -0.2) is 0 Å². The number of halogens is 1. The maximum atomic E-state index is 11.8. The Bertz CT molecular complexity index is 685. The van der Waals surface area contributed by atoms with Gasteiger partial charge in [-0.05, 0) is 48.0 Å². The van der Waals surface area contributed by atoms with Crippen LogP contribution in [0.4, 0.5) is 11.4 Å². The predicted octanol–water partition coefficient (Wildman–Crippen LogP) is 2.76. The second kappa shape index (κ2) is 5.89. The molecule has 1 aromatic carbocycles. The number of nitrogens with zero attached hydrogens (tertiary/aromatic N) is 1. The number of pyridine rings is 1. The molecule has 0 unspecified atom stereocenters. The quantitative estimate of drug-likeness (QED) is 0.740. The minimum Gasteiger partial charge on any atom is -0.398 e. The van der Waals surface area contributed by atoms with Gasteiger partial charge in [0.1, 0.15) is 0 Å². The van der Waals surface area contributed by atoms with Gasteiger partial charge in [-0.1, -0.05) is 0 Å². The lowest BCUT2D eigenvalue weighted by Crippen LogP contribution is -2.39. The fourth-order valence-corrected chi connectivity index (χ4v) is 2.42. The van der Waals surface area contributed by atoms with Gasteiger partial charge in [-0.3, -0.25) is 9.78 Å². The van der Waals surface area contributed by atoms with Crippen molar-refractivity contribution in [2.45, 2.75) is 13.8 Å². The van der Waals surface area contributed by atoms with Gasteiger partial charge in [-0.15, -0.1) is 0 Å². The predicted molar refractivity (Wildman–Crippen MR) is 90.2 cm³/mol. The third kappa shape index (κ3) is 3.26. The third-order valence-corrected chi connectivity index (χ3v) is 3.85. The summed E-state index contributed by atoms with van der Waals surface area (Å²) in [5.41, 5.74) is 7.81. The molecular formula is C15H19BrN4O. The first-order chi connectivity index (χ1) is 9.85. The normalized spacial score (nSPS) is 11.4. The van der Waals surface area contributed by atoms with E-state index in [0.29, 0.717) is 12.2 Å². The number of nitrogens with two attached hydrogens (primary N) is 1. The maximum Gasteiger partial charge on any atom is 0.227 e. The van der Waals surface area contributed by atoms with E-state index < -0.39 is 5.41 Å². The van der Waals surface area contributed by atoms with Crippen LogP contribution in [0.5, 0.6) is 0 Å². The lowest BCUT2D eigenvalue weighted by atomic mass is 9.92. The van der Waals surface area contributed by atoms with Crippen molar-refractivity contribution >= 4 is 44.1 Å². The largest absolute Gasteiger partial charge is 0.398 e. The highest BCUT2D eigenvalue weighted by atomic mass is 79.9. The van der Waals surface area contributed by atoms with E-state index in [1.54, 1.807) is 13.2 Å². The standard InChI is InChI=1S/C15H19BrN4O/c1-15(2,14(21)18-3)8-20-12-5-4-11(17)10-6-9(16)7-19-13(10)12/h4-7,20H,8,17H2,1-3H3,(H,18,21). The Morgan fingerprint density at radius 3 is 2.81 bits per heavy atom. The van der Waals surface area contributed by atoms with Gasteiger partial charge in [0.15, 0.2) is 0 Å². The number of anilines is 2. The molecule has 2 aromatic rings. The molecule has 6 heteroatoms. The second-order valence-electron chi connectivity index (χ2n) is 5.57. The van der Waals surface area contributed by atoms with E-state index in [2.05, 4.69) is 31.5 Å². The molecule has 4 N–H and O–H groups in total. The lowest BCUT2D eigenvalue weighted by molar-refractivity contribution is -0.128. The summed E-state index contributed by atoms with van der Waals surface area (Å²) >= 11 is 3.40. The lowest BCUT2D eigenvalue weighted by Gasteiger charge is -2.24. The zero-order valence-corrected chi connectivity index (χ0v) is 13.9. The highest BCUT2D eigenvalue weighted by Crippen LogP contribution is 2.29. The second-order valence-corrected chi connectivity index (χ2v) is 6.48. The van der Waals surface area contributed by atoms with Gasteiger partial charge in [-0.2, -0.15) is 0 Å². The summed E-state index contributed by atoms with van der Waals surface area (Å²) in [6.45, 7) is 4.29. The number of carbonyl (C=O) groups excluding carboxylic acids is 1. The van der Waals surface area contributed by atoms with Crippen molar-refractivity contribution in [2.24, 2.45) is 5.41 Å². The average Bonchev–Trinajstić information content (AvgIpc) is 2.46. The number of amides is 1. The van der Waals surface area contributed by atoms with E-state index in [4.69, 9.17) is 5.73 Å². The van der Waals surface area contributed by atoms with E-state index in [9.17, 15) is 4.79 Å². The van der Waals surface area contributed by atoms with Crippen molar-refractivity contribution in [3.05, 3.63) is 28.9 Å². The Labute approximate surface area is 132 Å². The Hall–Kier alpha value is -1.82. The summed E-state index contributed by atoms with van der Waals surface area (Å²) < 4.78 is 0.879. The molecule has 0 aliphatic carbocycles. The molecule has 21 heavy (non-hydrogen) atoms. The molecule has 1 aromatic heterocycles. The Balaban J connectivity index is 2.32. The number of hydrogen-bond acceptors (Lipinski definition) is 4. The number of fused-ring (bicyclic) bond motifs is 1. The summed E-state index contributed by atoms with van der Waals surface area (Å²) in [6, 6.07) is 5.66. The molecule has 0 saturated carbocycles. The number of hydrogen-bond donors (Lipinski definition) is 3. The molecule has 0 saturated heterocycles. The first-order valence-corrected chi connectivity index (χ1v) is 7.44. The highest BCUT2D eigenvalue weighted by Gasteiger charge is 2.26. The van der Waals surface area contributed by atoms with Gasteiger partial charge in [0.25, 0.3) is 0 Å². The van der Waals surface area contributed by atoms with Crippen molar-refractivity contribution in [2.75, 3.05) is 24.6 Å². The van der Waals surface area contributed by atoms with Crippen LogP contribution in [0.15, 0.2) is 28.9 Å². The van der Waals surface area contributed by atoms with Crippen molar-refractivity contribution in [1.29, 1.82) is 0 Å². The summed E-state index contributed by atoms with van der Waals surface area (Å²) in [5.74, 6) is -0.00884. The van der Waals surface area contributed by atoms with E-state index >= 15 is 0 Å². The zero-order valence-electron chi connectivity index (χ0n) is 12.3. The monoisotopic (exact) mass is 350 g/mol. The number of carbonyl (C=O) groups is 1. The van der Waals surface area contributed by atoms with Crippen LogP contribution < -0.4 is 16.4 Å². The zero-order chi connectivity index (χ0) is 15.6. The smallest absolute Gasteiger partial charge is 0.227 e. The highest BCUT2D eigenvalue weighted by molar-refractivity contribution is 9.10. The average molecular weight is 351 g/mol. The van der Waals surface area contributed by atoms with Crippen LogP contribution in [0.3, 0.4) is 0 Å². The Kier molecular flexibility index (Phi) is 4.37. The number of nitrogens with one attached hydrogen (secondary N) is 2. The minimum atomic E-state index is -0.516. The Morgan fingerprint density at radius 2 is 2.14 bits per heavy atom. The van der Waals surface area contributed by atoms with Crippen LogP contribution in [0.2, 0.25) is 0 Å². The van der Waals surface area contributed by atoms with Crippen molar-refractivity contribution < 1.29 is 4.79 Å². The van der Waals surface area contributed by atoms with Crippen LogP contribution >= 0.6 is 15.9 Å². The first kappa shape index (κ1) is 15.6. The van der Waals surface area contributed by atoms with E-state index in [-0.39, 0.29) is 5.91 Å². The third-order valence-electron chi connectivity index (χ3n) is 3.41. The van der Waals surface area contributed by atoms with E-state index in [1.807, 2.05) is 32.0 Å². The molecule has 112 valence electrons. The molecule has 0 aliphatic heterocycles. The SMILES string of the molecule is CNC(=O)C(C)(C)CNc1ccc(N)c2cc(Br)cnc12. The molecule has 0 bridgehead atoms. The number of nitrogen functional groups attached to an aromatic ring is 1. The number of rotatable bonds is 4. The van der Waals surface area contributed by atoms with E-state index in [1.165, 1.54) is 0 Å². The molecule has 1 heterocycles. The van der Waals surface area contributed by atoms with Crippen LogP contribution in [-0.2, 0) is 4.79 Å². The number of aromatic nitrogens is 1. The maximum absolute atomic E-state index is 11.8. The van der Waals surface area contributed by atoms with Gasteiger partial charge in [0, 0.05) is 35.3 Å². The summed E-state index contributed by atoms with van der Waals surface area (Å²) in [6.07, 6.45) is 1.73. The molecule has 5 nitrogen and oxygen atoms in total. The molecular weight excluding hydrogens is 332 g/mol. The van der Waals surface area contributed by atoms with E-state index in [0.717, 1.165) is 21.1 Å². The first-order valence-electron chi connectivity index (χ1n) is 6.65. The van der Waals surface area contributed by atoms with Crippen LogP contribution in [-0.4, -0.2) is 24.5 Å². The molecule has 0 aliphatic rings. The minimum absolute atomic E-state index is 0.00884. The Morgan fingerprint density at radius 1 is 1.43 bits per heavy atom. The summed E-state index contributed by atoms with van der Waals surface area (Å²) in [7, 11) is 1.64. The molecule has 0 radical (unpaired) electrons. The van der Waals surface area contributed by atoms with Crippen LogP contribution in [0, 0.1) is 5.41 Å². The molecule has 2 rings (SSSR count). The van der Waals surface area contributed by atoms with Gasteiger partial charge >= 0.3 is 0 Å².